The van der Waals surface area contributed by atoms with E-state index in [4.69, 9.17) is 0 Å². The molecular formula is C20H23FN3O+. The van der Waals surface area contributed by atoms with Crippen molar-refractivity contribution in [1.29, 1.82) is 0 Å². The summed E-state index contributed by atoms with van der Waals surface area (Å²) in [4.78, 5) is 15.5. The zero-order valence-electron chi connectivity index (χ0n) is 14.1. The summed E-state index contributed by atoms with van der Waals surface area (Å²) in [6, 6.07) is 16.0. The molecular weight excluding hydrogens is 317 g/mol. The number of quaternary nitrogens is 1. The minimum Gasteiger partial charge on any atom is -0.329 e. The third-order valence-corrected chi connectivity index (χ3v) is 4.37. The number of nitrogens with one attached hydrogen (secondary N) is 2. The number of carbonyl (C=O) groups is 1. The number of amides is 2. The maximum Gasteiger partial charge on any atom is 0.322 e. The number of halogens is 1. The Bertz CT molecular complexity index is 707. The van der Waals surface area contributed by atoms with Crippen molar-refractivity contribution in [2.75, 3.05) is 38.0 Å². The number of nitrogens with zero attached hydrogens (tertiary/aromatic N) is 1. The van der Waals surface area contributed by atoms with Crippen LogP contribution in [0.3, 0.4) is 0 Å². The van der Waals surface area contributed by atoms with Crippen molar-refractivity contribution in [3.8, 4) is 0 Å². The molecule has 2 amide bonds. The van der Waals surface area contributed by atoms with Crippen LogP contribution in [0.2, 0.25) is 0 Å². The molecule has 0 radical (unpaired) electrons. The lowest BCUT2D eigenvalue weighted by atomic mass is 10.2. The van der Waals surface area contributed by atoms with Gasteiger partial charge in [0.05, 0.1) is 32.7 Å². The van der Waals surface area contributed by atoms with Crippen LogP contribution in [0, 0.1) is 5.82 Å². The van der Waals surface area contributed by atoms with Gasteiger partial charge in [-0.15, -0.1) is 0 Å². The molecule has 0 spiro atoms. The van der Waals surface area contributed by atoms with Crippen LogP contribution in [0.1, 0.15) is 5.56 Å². The number of piperazine rings is 1. The molecule has 25 heavy (non-hydrogen) atoms. The van der Waals surface area contributed by atoms with Gasteiger partial charge in [-0.2, -0.15) is 0 Å². The molecule has 0 bridgehead atoms. The quantitative estimate of drug-likeness (QED) is 0.880. The number of hydrogen-bond donors (Lipinski definition) is 2. The zero-order valence-corrected chi connectivity index (χ0v) is 14.1. The van der Waals surface area contributed by atoms with E-state index >= 15 is 0 Å². The summed E-state index contributed by atoms with van der Waals surface area (Å²) < 4.78 is 12.9. The molecule has 2 N–H and O–H groups in total. The fraction of sp³-hybridized carbons (Fsp3) is 0.250. The van der Waals surface area contributed by atoms with Gasteiger partial charge < -0.3 is 15.1 Å². The van der Waals surface area contributed by atoms with E-state index in [0.717, 1.165) is 32.7 Å². The Kier molecular flexibility index (Phi) is 5.80. The van der Waals surface area contributed by atoms with E-state index in [1.54, 1.807) is 12.1 Å². The molecule has 0 atom stereocenters. The van der Waals surface area contributed by atoms with Crippen molar-refractivity contribution in [2.45, 2.75) is 0 Å². The van der Waals surface area contributed by atoms with Gasteiger partial charge in [0.25, 0.3) is 0 Å². The van der Waals surface area contributed by atoms with E-state index in [0.29, 0.717) is 5.69 Å². The van der Waals surface area contributed by atoms with Gasteiger partial charge in [0.15, 0.2) is 0 Å². The van der Waals surface area contributed by atoms with Gasteiger partial charge in [-0.05, 0) is 35.9 Å². The lowest BCUT2D eigenvalue weighted by Crippen LogP contribution is -3.14. The van der Waals surface area contributed by atoms with Gasteiger partial charge in [-0.1, -0.05) is 36.4 Å². The molecule has 1 aliphatic heterocycles. The highest BCUT2D eigenvalue weighted by Gasteiger charge is 2.22. The topological polar surface area (TPSA) is 36.8 Å². The monoisotopic (exact) mass is 340 g/mol. The van der Waals surface area contributed by atoms with Crippen LogP contribution in [-0.4, -0.2) is 43.7 Å². The molecule has 0 unspecified atom stereocenters. The normalized spacial score (nSPS) is 15.5. The predicted octanol–water partition coefficient (Wildman–Crippen LogP) is 2.27. The van der Waals surface area contributed by atoms with Gasteiger partial charge in [-0.25, -0.2) is 9.18 Å². The van der Waals surface area contributed by atoms with Crippen molar-refractivity contribution in [1.82, 2.24) is 4.90 Å². The molecule has 0 saturated carbocycles. The van der Waals surface area contributed by atoms with Crippen LogP contribution in [0.4, 0.5) is 14.9 Å². The fourth-order valence-corrected chi connectivity index (χ4v) is 2.89. The van der Waals surface area contributed by atoms with Crippen LogP contribution in [0.25, 0.3) is 6.08 Å². The maximum atomic E-state index is 12.9. The Balaban J connectivity index is 1.42. The molecule has 1 saturated heterocycles. The minimum absolute atomic E-state index is 0.120. The molecule has 2 aromatic rings. The third kappa shape index (κ3) is 5.16. The van der Waals surface area contributed by atoms with Gasteiger partial charge >= 0.3 is 6.03 Å². The van der Waals surface area contributed by atoms with Crippen molar-refractivity contribution >= 4 is 17.8 Å². The first-order valence-corrected chi connectivity index (χ1v) is 8.57. The van der Waals surface area contributed by atoms with Gasteiger partial charge in [0.2, 0.25) is 0 Å². The first-order valence-electron chi connectivity index (χ1n) is 8.57. The summed E-state index contributed by atoms with van der Waals surface area (Å²) in [7, 11) is 0. The van der Waals surface area contributed by atoms with E-state index < -0.39 is 0 Å². The van der Waals surface area contributed by atoms with E-state index in [-0.39, 0.29) is 11.8 Å². The fourth-order valence-electron chi connectivity index (χ4n) is 2.89. The first-order chi connectivity index (χ1) is 12.2. The number of carbonyl (C=O) groups excluding carboxylic acids is 1. The van der Waals surface area contributed by atoms with E-state index in [2.05, 4.69) is 29.6 Å². The number of anilines is 1. The molecule has 0 aliphatic carbocycles. The molecule has 1 aliphatic rings. The summed E-state index contributed by atoms with van der Waals surface area (Å²) in [5, 5.41) is 2.82. The second-order valence-electron chi connectivity index (χ2n) is 6.19. The average molecular weight is 340 g/mol. The number of rotatable bonds is 4. The molecule has 130 valence electrons. The largest absolute Gasteiger partial charge is 0.329 e. The summed E-state index contributed by atoms with van der Waals surface area (Å²) in [6.45, 7) is 4.26. The Morgan fingerprint density at radius 2 is 1.76 bits per heavy atom. The van der Waals surface area contributed by atoms with Crippen LogP contribution < -0.4 is 10.2 Å². The van der Waals surface area contributed by atoms with Gasteiger partial charge in [-0.3, -0.25) is 0 Å². The number of benzene rings is 2. The second-order valence-corrected chi connectivity index (χ2v) is 6.19. The van der Waals surface area contributed by atoms with E-state index in [1.165, 1.54) is 22.6 Å². The summed E-state index contributed by atoms with van der Waals surface area (Å²) in [5.74, 6) is -0.307. The predicted molar refractivity (Wildman–Crippen MR) is 98.0 cm³/mol. The van der Waals surface area contributed by atoms with Gasteiger partial charge in [0.1, 0.15) is 5.82 Å². The minimum atomic E-state index is -0.307. The average Bonchev–Trinajstić information content (AvgIpc) is 2.65. The van der Waals surface area contributed by atoms with Crippen LogP contribution in [-0.2, 0) is 0 Å². The smallest absolute Gasteiger partial charge is 0.322 e. The Morgan fingerprint density at radius 1 is 1.08 bits per heavy atom. The highest BCUT2D eigenvalue weighted by molar-refractivity contribution is 5.89. The summed E-state index contributed by atoms with van der Waals surface area (Å²) in [5.41, 5.74) is 1.83. The van der Waals surface area contributed by atoms with E-state index in [1.807, 2.05) is 23.1 Å². The molecule has 3 rings (SSSR count). The summed E-state index contributed by atoms with van der Waals surface area (Å²) in [6.07, 6.45) is 4.33. The molecule has 1 heterocycles. The highest BCUT2D eigenvalue weighted by atomic mass is 19.1. The molecule has 5 heteroatoms. The Morgan fingerprint density at radius 3 is 2.44 bits per heavy atom. The Labute approximate surface area is 147 Å². The van der Waals surface area contributed by atoms with Crippen molar-refractivity contribution in [2.24, 2.45) is 0 Å². The first kappa shape index (κ1) is 17.2. The van der Waals surface area contributed by atoms with Gasteiger partial charge in [0, 0.05) is 5.69 Å². The van der Waals surface area contributed by atoms with Crippen LogP contribution in [0.5, 0.6) is 0 Å². The molecule has 1 fully saturated rings. The number of urea groups is 1. The standard InChI is InChI=1S/C20H22FN3O/c21-18-8-10-19(11-9-18)22-20(25)24-15-13-23(14-16-24)12-4-7-17-5-2-1-3-6-17/h1-11H,12-16H2,(H,22,25)/p+1. The van der Waals surface area contributed by atoms with Crippen LogP contribution in [0.15, 0.2) is 60.7 Å². The van der Waals surface area contributed by atoms with E-state index in [9.17, 15) is 9.18 Å². The highest BCUT2D eigenvalue weighted by Crippen LogP contribution is 2.09. The van der Waals surface area contributed by atoms with Crippen LogP contribution >= 0.6 is 0 Å². The molecule has 2 aromatic carbocycles. The van der Waals surface area contributed by atoms with Crippen molar-refractivity contribution in [3.05, 3.63) is 72.1 Å². The molecule has 4 nitrogen and oxygen atoms in total. The molecule has 0 aromatic heterocycles. The zero-order chi connectivity index (χ0) is 17.5. The van der Waals surface area contributed by atoms with Crippen molar-refractivity contribution < 1.29 is 14.1 Å². The lowest BCUT2D eigenvalue weighted by Gasteiger charge is -2.31. The summed E-state index contributed by atoms with van der Waals surface area (Å²) >= 11 is 0. The van der Waals surface area contributed by atoms with Crippen molar-refractivity contribution in [3.63, 3.8) is 0 Å². The Hall–Kier alpha value is -2.66. The second kappa shape index (κ2) is 8.44. The maximum absolute atomic E-state index is 12.9. The SMILES string of the molecule is O=C(Nc1ccc(F)cc1)N1CC[NH+](CC=Cc2ccccc2)CC1. The number of hydrogen-bond acceptors (Lipinski definition) is 1. The third-order valence-electron chi connectivity index (χ3n) is 4.37. The lowest BCUT2D eigenvalue weighted by molar-refractivity contribution is -0.898.